The number of hydrogen-bond donors (Lipinski definition) is 0. The van der Waals surface area contributed by atoms with Crippen LogP contribution in [0.3, 0.4) is 0 Å². The van der Waals surface area contributed by atoms with E-state index in [1.165, 1.54) is 26.9 Å². The Morgan fingerprint density at radius 3 is 2.14 bits per heavy atom. The summed E-state index contributed by atoms with van der Waals surface area (Å²) in [6.45, 7) is 2.15. The molecule has 1 aromatic heterocycles. The van der Waals surface area contributed by atoms with Gasteiger partial charge in [-0.15, -0.1) is 0 Å². The second kappa shape index (κ2) is 6.17. The molecule has 2 rings (SSSR count). The van der Waals surface area contributed by atoms with Gasteiger partial charge in [0.05, 0.1) is 5.75 Å². The van der Waals surface area contributed by atoms with E-state index in [1.54, 1.807) is 6.92 Å². The molecule has 0 aliphatic carbocycles. The van der Waals surface area contributed by atoms with E-state index in [0.717, 1.165) is 0 Å². The molecule has 2 heterocycles. The summed E-state index contributed by atoms with van der Waals surface area (Å²) in [6, 6.07) is 2.80. The molecular weight excluding hydrogens is 338 g/mol. The second-order valence-electron chi connectivity index (χ2n) is 4.52. The first kappa shape index (κ1) is 16.6. The van der Waals surface area contributed by atoms with Gasteiger partial charge in [0.15, 0.2) is 0 Å². The van der Waals surface area contributed by atoms with Gasteiger partial charge in [0.2, 0.25) is 20.0 Å². The molecule has 0 bridgehead atoms. The third-order valence-electron chi connectivity index (χ3n) is 3.29. The molecular formula is C11H16ClN3O4S2. The van der Waals surface area contributed by atoms with Crippen LogP contribution in [0.15, 0.2) is 23.2 Å². The lowest BCUT2D eigenvalue weighted by Gasteiger charge is -2.32. The molecule has 118 valence electrons. The van der Waals surface area contributed by atoms with Crippen LogP contribution in [0.4, 0.5) is 0 Å². The van der Waals surface area contributed by atoms with Gasteiger partial charge in [-0.3, -0.25) is 0 Å². The number of piperazine rings is 1. The number of rotatable bonds is 4. The van der Waals surface area contributed by atoms with E-state index in [2.05, 4.69) is 4.98 Å². The number of aromatic nitrogens is 1. The maximum absolute atomic E-state index is 12.4. The number of nitrogens with zero attached hydrogens (tertiary/aromatic N) is 3. The average molecular weight is 354 g/mol. The fourth-order valence-corrected chi connectivity index (χ4v) is 4.60. The molecule has 1 fully saturated rings. The molecule has 0 spiro atoms. The van der Waals surface area contributed by atoms with Crippen LogP contribution in [0.2, 0.25) is 5.15 Å². The summed E-state index contributed by atoms with van der Waals surface area (Å²) in [5.41, 5.74) is 0. The summed E-state index contributed by atoms with van der Waals surface area (Å²) >= 11 is 5.64. The molecule has 1 aromatic rings. The normalized spacial score (nSPS) is 18.8. The van der Waals surface area contributed by atoms with Gasteiger partial charge in [-0.2, -0.15) is 8.61 Å². The molecule has 1 saturated heterocycles. The molecule has 0 aromatic carbocycles. The summed E-state index contributed by atoms with van der Waals surface area (Å²) in [5, 5.41) is 0.216. The maximum Gasteiger partial charge on any atom is 0.244 e. The highest BCUT2D eigenvalue weighted by Gasteiger charge is 2.32. The van der Waals surface area contributed by atoms with Gasteiger partial charge in [-0.25, -0.2) is 21.8 Å². The largest absolute Gasteiger partial charge is 0.244 e. The summed E-state index contributed by atoms with van der Waals surface area (Å²) in [7, 11) is -6.94. The summed E-state index contributed by atoms with van der Waals surface area (Å²) in [5.74, 6) is 0.0147. The van der Waals surface area contributed by atoms with Crippen LogP contribution in [-0.2, 0) is 20.0 Å². The zero-order valence-corrected chi connectivity index (χ0v) is 13.8. The van der Waals surface area contributed by atoms with Crippen LogP contribution in [0, 0.1) is 0 Å². The molecule has 0 saturated carbocycles. The fraction of sp³-hybridized carbons (Fsp3) is 0.545. The van der Waals surface area contributed by atoms with Crippen molar-refractivity contribution in [3.63, 3.8) is 0 Å². The summed E-state index contributed by atoms with van der Waals surface area (Å²) in [6.07, 6.45) is 1.20. The highest BCUT2D eigenvalue weighted by atomic mass is 35.5. The van der Waals surface area contributed by atoms with E-state index in [4.69, 9.17) is 11.6 Å². The van der Waals surface area contributed by atoms with Crippen LogP contribution in [0.25, 0.3) is 0 Å². The topological polar surface area (TPSA) is 87.7 Å². The Morgan fingerprint density at radius 1 is 1.10 bits per heavy atom. The van der Waals surface area contributed by atoms with Crippen molar-refractivity contribution >= 4 is 31.6 Å². The van der Waals surface area contributed by atoms with E-state index in [-0.39, 0.29) is 42.0 Å². The molecule has 10 heteroatoms. The van der Waals surface area contributed by atoms with Gasteiger partial charge < -0.3 is 0 Å². The zero-order chi connectivity index (χ0) is 15.7. The number of pyridine rings is 1. The minimum absolute atomic E-state index is 0.0147. The van der Waals surface area contributed by atoms with Crippen LogP contribution >= 0.6 is 11.6 Å². The van der Waals surface area contributed by atoms with Crippen molar-refractivity contribution < 1.29 is 16.8 Å². The molecule has 7 nitrogen and oxygen atoms in total. The lowest BCUT2D eigenvalue weighted by molar-refractivity contribution is 0.273. The zero-order valence-electron chi connectivity index (χ0n) is 11.4. The second-order valence-corrected chi connectivity index (χ2v) is 9.10. The Balaban J connectivity index is 2.13. The van der Waals surface area contributed by atoms with Crippen molar-refractivity contribution in [2.24, 2.45) is 0 Å². The van der Waals surface area contributed by atoms with Crippen molar-refractivity contribution in [3.05, 3.63) is 23.5 Å². The fourth-order valence-electron chi connectivity index (χ4n) is 2.03. The van der Waals surface area contributed by atoms with Crippen LogP contribution < -0.4 is 0 Å². The minimum Gasteiger partial charge on any atom is -0.243 e. The third-order valence-corrected chi connectivity index (χ3v) is 7.28. The molecule has 0 radical (unpaired) electrons. The van der Waals surface area contributed by atoms with E-state index >= 15 is 0 Å². The molecule has 0 amide bonds. The van der Waals surface area contributed by atoms with Crippen molar-refractivity contribution in [1.29, 1.82) is 0 Å². The van der Waals surface area contributed by atoms with Crippen molar-refractivity contribution in [2.75, 3.05) is 31.9 Å². The van der Waals surface area contributed by atoms with E-state index in [9.17, 15) is 16.8 Å². The van der Waals surface area contributed by atoms with Gasteiger partial charge in [0, 0.05) is 32.4 Å². The molecule has 1 aliphatic heterocycles. The summed E-state index contributed by atoms with van der Waals surface area (Å²) < 4.78 is 50.9. The highest BCUT2D eigenvalue weighted by molar-refractivity contribution is 7.89. The van der Waals surface area contributed by atoms with Gasteiger partial charge in [-0.05, 0) is 19.1 Å². The monoisotopic (exact) mass is 353 g/mol. The van der Waals surface area contributed by atoms with Gasteiger partial charge in [0.1, 0.15) is 10.0 Å². The maximum atomic E-state index is 12.4. The van der Waals surface area contributed by atoms with Gasteiger partial charge in [0.25, 0.3) is 0 Å². The Hall–Kier alpha value is -0.740. The number of halogens is 1. The third kappa shape index (κ3) is 3.54. The van der Waals surface area contributed by atoms with Crippen LogP contribution in [-0.4, -0.2) is 62.4 Å². The minimum atomic E-state index is -3.66. The molecule has 0 N–H and O–H groups in total. The standard InChI is InChI=1S/C11H16ClN3O4S2/c1-2-20(16,17)14-5-7-15(8-6-14)21(18,19)10-3-4-11(12)13-9-10/h3-4,9H,2,5-8H2,1H3. The molecule has 0 unspecified atom stereocenters. The molecule has 0 atom stereocenters. The quantitative estimate of drug-likeness (QED) is 0.731. The predicted molar refractivity (Wildman–Crippen MR) is 79.0 cm³/mol. The number of sulfonamides is 2. The summed E-state index contributed by atoms with van der Waals surface area (Å²) in [4.78, 5) is 3.82. The Morgan fingerprint density at radius 2 is 1.67 bits per heavy atom. The average Bonchev–Trinajstić information content (AvgIpc) is 2.48. The van der Waals surface area contributed by atoms with Gasteiger partial charge >= 0.3 is 0 Å². The molecule has 1 aliphatic rings. The first-order valence-corrected chi connectivity index (χ1v) is 9.79. The SMILES string of the molecule is CCS(=O)(=O)N1CCN(S(=O)(=O)c2ccc(Cl)nc2)CC1. The Labute approximate surface area is 129 Å². The van der Waals surface area contributed by atoms with Crippen LogP contribution in [0.5, 0.6) is 0 Å². The van der Waals surface area contributed by atoms with Gasteiger partial charge in [-0.1, -0.05) is 11.6 Å². The number of hydrogen-bond acceptors (Lipinski definition) is 5. The lowest BCUT2D eigenvalue weighted by Crippen LogP contribution is -2.50. The van der Waals surface area contributed by atoms with E-state index < -0.39 is 20.0 Å². The highest BCUT2D eigenvalue weighted by Crippen LogP contribution is 2.19. The van der Waals surface area contributed by atoms with E-state index in [0.29, 0.717) is 0 Å². The van der Waals surface area contributed by atoms with Crippen LogP contribution in [0.1, 0.15) is 6.92 Å². The van der Waals surface area contributed by atoms with E-state index in [1.807, 2.05) is 0 Å². The smallest absolute Gasteiger partial charge is 0.243 e. The Bertz CT molecular complexity index is 695. The first-order valence-electron chi connectivity index (χ1n) is 6.37. The lowest BCUT2D eigenvalue weighted by atomic mass is 10.4. The first-order chi connectivity index (χ1) is 9.77. The Kier molecular flexibility index (Phi) is 4.89. The predicted octanol–water partition coefficient (Wildman–Crippen LogP) is 0.391. The van der Waals surface area contributed by atoms with Crippen molar-refractivity contribution in [1.82, 2.24) is 13.6 Å². The van der Waals surface area contributed by atoms with Crippen molar-refractivity contribution in [3.8, 4) is 0 Å². The van der Waals surface area contributed by atoms with Crippen molar-refractivity contribution in [2.45, 2.75) is 11.8 Å². The molecule has 21 heavy (non-hydrogen) atoms.